The van der Waals surface area contributed by atoms with Gasteiger partial charge in [-0.25, -0.2) is 0 Å². The van der Waals surface area contributed by atoms with Crippen molar-refractivity contribution in [3.63, 3.8) is 0 Å². The van der Waals surface area contributed by atoms with Gasteiger partial charge >= 0.3 is 0 Å². The van der Waals surface area contributed by atoms with E-state index < -0.39 is 0 Å². The molecule has 0 aromatic heterocycles. The zero-order chi connectivity index (χ0) is 15.1. The molecule has 21 heavy (non-hydrogen) atoms. The summed E-state index contributed by atoms with van der Waals surface area (Å²) in [5.74, 6) is 2.86. The highest BCUT2D eigenvalue weighted by Crippen LogP contribution is 2.30. The van der Waals surface area contributed by atoms with E-state index in [4.69, 9.17) is 4.74 Å². The van der Waals surface area contributed by atoms with Gasteiger partial charge in [0.05, 0.1) is 6.61 Å². The molecule has 1 aromatic carbocycles. The molecule has 1 unspecified atom stereocenters. The summed E-state index contributed by atoms with van der Waals surface area (Å²) in [5, 5.41) is 3.67. The number of hydrogen-bond donors (Lipinski definition) is 1. The van der Waals surface area contributed by atoms with Crippen LogP contribution in [0.1, 0.15) is 64.5 Å². The summed E-state index contributed by atoms with van der Waals surface area (Å²) in [4.78, 5) is 0. The first kappa shape index (κ1) is 16.4. The lowest BCUT2D eigenvalue weighted by Gasteiger charge is -2.26. The first-order chi connectivity index (χ1) is 10.2. The third-order valence-corrected chi connectivity index (χ3v) is 4.83. The fourth-order valence-electron chi connectivity index (χ4n) is 3.26. The summed E-state index contributed by atoms with van der Waals surface area (Å²) in [7, 11) is 0. The Morgan fingerprint density at radius 1 is 1.14 bits per heavy atom. The summed E-state index contributed by atoms with van der Waals surface area (Å²) in [6.45, 7) is 8.52. The van der Waals surface area contributed by atoms with E-state index >= 15 is 0 Å². The lowest BCUT2D eigenvalue weighted by Crippen LogP contribution is -2.23. The Balaban J connectivity index is 1.70. The number of hydrogen-bond acceptors (Lipinski definition) is 2. The van der Waals surface area contributed by atoms with Crippen molar-refractivity contribution in [3.8, 4) is 5.75 Å². The number of benzene rings is 1. The van der Waals surface area contributed by atoms with Gasteiger partial charge in [-0.2, -0.15) is 0 Å². The van der Waals surface area contributed by atoms with Crippen molar-refractivity contribution in [2.45, 2.75) is 58.9 Å². The van der Waals surface area contributed by atoms with E-state index in [9.17, 15) is 0 Å². The molecule has 1 fully saturated rings. The predicted octanol–water partition coefficient (Wildman–Crippen LogP) is 4.95. The fraction of sp³-hybridized carbons (Fsp3) is 0.684. The van der Waals surface area contributed by atoms with Gasteiger partial charge in [-0.1, -0.05) is 44.7 Å². The highest BCUT2D eigenvalue weighted by atomic mass is 16.5. The molecule has 1 aliphatic rings. The van der Waals surface area contributed by atoms with Crippen molar-refractivity contribution in [2.75, 3.05) is 13.2 Å². The maximum Gasteiger partial charge on any atom is 0.119 e. The Hall–Kier alpha value is -1.02. The average Bonchev–Trinajstić information content (AvgIpc) is 2.50. The largest absolute Gasteiger partial charge is 0.494 e. The molecule has 2 heteroatoms. The van der Waals surface area contributed by atoms with Crippen molar-refractivity contribution in [2.24, 2.45) is 11.8 Å². The van der Waals surface area contributed by atoms with Gasteiger partial charge in [0.25, 0.3) is 0 Å². The molecular formula is C19H31NO. The fourth-order valence-corrected chi connectivity index (χ4v) is 3.26. The lowest BCUT2D eigenvalue weighted by atomic mass is 9.81. The van der Waals surface area contributed by atoms with Crippen LogP contribution in [0.4, 0.5) is 0 Å². The van der Waals surface area contributed by atoms with Crippen molar-refractivity contribution >= 4 is 0 Å². The molecule has 0 spiro atoms. The maximum absolute atomic E-state index is 5.49. The van der Waals surface area contributed by atoms with Crippen molar-refractivity contribution in [1.82, 2.24) is 5.32 Å². The third-order valence-electron chi connectivity index (χ3n) is 4.83. The molecule has 0 radical (unpaired) electrons. The smallest absolute Gasteiger partial charge is 0.119 e. The van der Waals surface area contributed by atoms with E-state index in [1.807, 2.05) is 6.92 Å². The highest BCUT2D eigenvalue weighted by molar-refractivity contribution is 5.28. The van der Waals surface area contributed by atoms with E-state index in [-0.39, 0.29) is 0 Å². The van der Waals surface area contributed by atoms with Gasteiger partial charge in [0.1, 0.15) is 5.75 Å². The van der Waals surface area contributed by atoms with E-state index in [1.165, 1.54) is 37.7 Å². The molecular weight excluding hydrogens is 258 g/mol. The van der Waals surface area contributed by atoms with E-state index in [0.717, 1.165) is 30.7 Å². The number of nitrogens with one attached hydrogen (secondary N) is 1. The number of ether oxygens (including phenoxy) is 1. The summed E-state index contributed by atoms with van der Waals surface area (Å²) >= 11 is 0. The Kier molecular flexibility index (Phi) is 6.56. The van der Waals surface area contributed by atoms with E-state index in [1.54, 1.807) is 0 Å². The molecule has 118 valence electrons. The topological polar surface area (TPSA) is 21.3 Å². The van der Waals surface area contributed by atoms with E-state index in [0.29, 0.717) is 6.04 Å². The molecule has 0 heterocycles. The summed E-state index contributed by atoms with van der Waals surface area (Å²) < 4.78 is 5.49. The van der Waals surface area contributed by atoms with Crippen LogP contribution in [0.2, 0.25) is 0 Å². The Morgan fingerprint density at radius 2 is 1.81 bits per heavy atom. The molecule has 1 atom stereocenters. The molecule has 1 aromatic rings. The van der Waals surface area contributed by atoms with Crippen LogP contribution in [0.3, 0.4) is 0 Å². The minimum absolute atomic E-state index is 0.420. The van der Waals surface area contributed by atoms with Gasteiger partial charge in [-0.05, 0) is 56.3 Å². The van der Waals surface area contributed by atoms with Crippen LogP contribution in [-0.4, -0.2) is 13.2 Å². The van der Waals surface area contributed by atoms with Gasteiger partial charge in [-0.15, -0.1) is 0 Å². The molecule has 0 aliphatic heterocycles. The van der Waals surface area contributed by atoms with Crippen LogP contribution in [0, 0.1) is 11.8 Å². The van der Waals surface area contributed by atoms with Crippen LogP contribution in [0.5, 0.6) is 5.75 Å². The minimum Gasteiger partial charge on any atom is -0.494 e. The van der Waals surface area contributed by atoms with Gasteiger partial charge in [0, 0.05) is 6.04 Å². The van der Waals surface area contributed by atoms with Crippen LogP contribution in [0.15, 0.2) is 24.3 Å². The SMILES string of the molecule is CCOc1ccc(C(C)NCCC2CCC(C)CC2)cc1. The van der Waals surface area contributed by atoms with Crippen LogP contribution in [0.25, 0.3) is 0 Å². The van der Waals surface area contributed by atoms with Crippen molar-refractivity contribution < 1.29 is 4.74 Å². The van der Waals surface area contributed by atoms with Gasteiger partial charge in [0.15, 0.2) is 0 Å². The predicted molar refractivity (Wildman–Crippen MR) is 89.8 cm³/mol. The van der Waals surface area contributed by atoms with Gasteiger partial charge in [0.2, 0.25) is 0 Å². The molecule has 0 bridgehead atoms. The monoisotopic (exact) mass is 289 g/mol. The zero-order valence-electron chi connectivity index (χ0n) is 13.9. The molecule has 1 aliphatic carbocycles. The molecule has 0 amide bonds. The maximum atomic E-state index is 5.49. The minimum atomic E-state index is 0.420. The van der Waals surface area contributed by atoms with E-state index in [2.05, 4.69) is 43.4 Å². The molecule has 2 nitrogen and oxygen atoms in total. The molecule has 1 N–H and O–H groups in total. The third kappa shape index (κ3) is 5.35. The zero-order valence-corrected chi connectivity index (χ0v) is 13.9. The normalized spacial score (nSPS) is 23.8. The quantitative estimate of drug-likeness (QED) is 0.766. The molecule has 2 rings (SSSR count). The van der Waals surface area contributed by atoms with Gasteiger partial charge in [-0.3, -0.25) is 0 Å². The summed E-state index contributed by atoms with van der Waals surface area (Å²) in [6.07, 6.45) is 7.05. The standard InChI is InChI=1S/C19H31NO/c1-4-21-19-11-9-18(10-12-19)16(3)20-14-13-17-7-5-15(2)6-8-17/h9-12,15-17,20H,4-8,13-14H2,1-3H3. The first-order valence-electron chi connectivity index (χ1n) is 8.65. The second kappa shape index (κ2) is 8.43. The summed E-state index contributed by atoms with van der Waals surface area (Å²) in [5.41, 5.74) is 1.34. The average molecular weight is 289 g/mol. The van der Waals surface area contributed by atoms with Crippen LogP contribution >= 0.6 is 0 Å². The van der Waals surface area contributed by atoms with Crippen molar-refractivity contribution in [1.29, 1.82) is 0 Å². The van der Waals surface area contributed by atoms with Crippen LogP contribution in [-0.2, 0) is 0 Å². The second-order valence-corrected chi connectivity index (χ2v) is 6.59. The van der Waals surface area contributed by atoms with Crippen LogP contribution < -0.4 is 10.1 Å². The van der Waals surface area contributed by atoms with Gasteiger partial charge < -0.3 is 10.1 Å². The Labute approximate surface area is 130 Å². The lowest BCUT2D eigenvalue weighted by molar-refractivity contribution is 0.273. The second-order valence-electron chi connectivity index (χ2n) is 6.59. The van der Waals surface area contributed by atoms with Crippen molar-refractivity contribution in [3.05, 3.63) is 29.8 Å². The highest BCUT2D eigenvalue weighted by Gasteiger charge is 2.17. The molecule has 0 saturated heterocycles. The number of rotatable bonds is 7. The first-order valence-corrected chi connectivity index (χ1v) is 8.65. The Bertz CT molecular complexity index is 393. The Morgan fingerprint density at radius 3 is 2.43 bits per heavy atom. The molecule has 1 saturated carbocycles. The summed E-state index contributed by atoms with van der Waals surface area (Å²) in [6, 6.07) is 8.90.